The van der Waals surface area contributed by atoms with Crippen LogP contribution in [0.2, 0.25) is 5.02 Å². The van der Waals surface area contributed by atoms with Gasteiger partial charge in [-0.1, -0.05) is 24.6 Å². The summed E-state index contributed by atoms with van der Waals surface area (Å²) in [4.78, 5) is 0. The van der Waals surface area contributed by atoms with Crippen molar-refractivity contribution in [3.05, 3.63) is 23.0 Å². The minimum atomic E-state index is 0.171. The topological polar surface area (TPSA) is 43.8 Å². The van der Waals surface area contributed by atoms with Gasteiger partial charge in [0.05, 0.1) is 16.9 Å². The molecule has 0 saturated carbocycles. The molecule has 1 aromatic rings. The molecule has 0 saturated heterocycles. The summed E-state index contributed by atoms with van der Waals surface area (Å²) in [5, 5.41) is 5.05. The van der Waals surface area contributed by atoms with Crippen molar-refractivity contribution in [2.45, 2.75) is 45.2 Å². The maximum Gasteiger partial charge on any atom is 0.0862 e. The van der Waals surface area contributed by atoms with Crippen LogP contribution in [0.1, 0.15) is 38.3 Å². The van der Waals surface area contributed by atoms with E-state index in [1.807, 2.05) is 4.68 Å². The number of allylic oxidation sites excluding steroid dienone is 1. The number of aryl methyl sites for hydroxylation is 1. The third-order valence-electron chi connectivity index (χ3n) is 2.93. The first-order valence-electron chi connectivity index (χ1n) is 5.90. The standard InChI is InChI=1S/C12H18ClN3/c1-2-6-16-12(11(13)8-15-16)9-4-3-5-10(14)7-9/h7-8,10H,2-6,14H2,1H3. The molecule has 4 heteroatoms. The molecule has 1 unspecified atom stereocenters. The normalized spacial score (nSPS) is 20.9. The molecule has 1 aliphatic carbocycles. The summed E-state index contributed by atoms with van der Waals surface area (Å²) >= 11 is 6.20. The van der Waals surface area contributed by atoms with Gasteiger partial charge in [0, 0.05) is 12.6 Å². The van der Waals surface area contributed by atoms with Gasteiger partial charge in [-0.25, -0.2) is 0 Å². The molecule has 2 rings (SSSR count). The number of rotatable bonds is 3. The fourth-order valence-corrected chi connectivity index (χ4v) is 2.48. The number of hydrogen-bond donors (Lipinski definition) is 1. The van der Waals surface area contributed by atoms with Crippen molar-refractivity contribution >= 4 is 17.2 Å². The molecule has 2 N–H and O–H groups in total. The van der Waals surface area contributed by atoms with E-state index in [4.69, 9.17) is 17.3 Å². The van der Waals surface area contributed by atoms with Gasteiger partial charge in [-0.15, -0.1) is 0 Å². The van der Waals surface area contributed by atoms with Crippen LogP contribution in [0.15, 0.2) is 12.3 Å². The second-order valence-electron chi connectivity index (χ2n) is 4.31. The smallest absolute Gasteiger partial charge is 0.0862 e. The highest BCUT2D eigenvalue weighted by Crippen LogP contribution is 2.31. The van der Waals surface area contributed by atoms with Crippen LogP contribution in [-0.2, 0) is 6.54 Å². The first-order chi connectivity index (χ1) is 7.72. The van der Waals surface area contributed by atoms with Crippen molar-refractivity contribution in [1.82, 2.24) is 9.78 Å². The maximum atomic E-state index is 6.20. The monoisotopic (exact) mass is 239 g/mol. The van der Waals surface area contributed by atoms with Crippen molar-refractivity contribution in [3.8, 4) is 0 Å². The molecular weight excluding hydrogens is 222 g/mol. The fourth-order valence-electron chi connectivity index (χ4n) is 2.21. The van der Waals surface area contributed by atoms with Crippen molar-refractivity contribution < 1.29 is 0 Å². The number of hydrogen-bond acceptors (Lipinski definition) is 2. The number of aromatic nitrogens is 2. The van der Waals surface area contributed by atoms with Crippen LogP contribution in [0.3, 0.4) is 0 Å². The first kappa shape index (κ1) is 11.7. The van der Waals surface area contributed by atoms with E-state index in [0.717, 1.165) is 42.9 Å². The van der Waals surface area contributed by atoms with Crippen molar-refractivity contribution in [2.75, 3.05) is 0 Å². The molecular formula is C12H18ClN3. The fraction of sp³-hybridized carbons (Fsp3) is 0.583. The van der Waals surface area contributed by atoms with Gasteiger partial charge in [0.25, 0.3) is 0 Å². The number of nitrogens with two attached hydrogens (primary N) is 1. The second kappa shape index (κ2) is 5.02. The number of halogens is 1. The van der Waals surface area contributed by atoms with Crippen LogP contribution >= 0.6 is 11.6 Å². The highest BCUT2D eigenvalue weighted by Gasteiger charge is 2.17. The van der Waals surface area contributed by atoms with E-state index in [1.54, 1.807) is 6.20 Å². The van der Waals surface area contributed by atoms with Gasteiger partial charge in [-0.3, -0.25) is 4.68 Å². The van der Waals surface area contributed by atoms with Crippen LogP contribution in [0.5, 0.6) is 0 Å². The minimum Gasteiger partial charge on any atom is -0.324 e. The Hall–Kier alpha value is -0.800. The van der Waals surface area contributed by atoms with E-state index >= 15 is 0 Å². The Labute approximate surface area is 101 Å². The molecule has 1 aromatic heterocycles. The van der Waals surface area contributed by atoms with Gasteiger partial charge in [0.2, 0.25) is 0 Å². The summed E-state index contributed by atoms with van der Waals surface area (Å²) in [7, 11) is 0. The Morgan fingerprint density at radius 3 is 3.12 bits per heavy atom. The van der Waals surface area contributed by atoms with Crippen LogP contribution in [-0.4, -0.2) is 15.8 Å². The van der Waals surface area contributed by atoms with E-state index in [2.05, 4.69) is 18.1 Å². The lowest BCUT2D eigenvalue weighted by molar-refractivity contribution is 0.587. The molecule has 0 aromatic carbocycles. The predicted octanol–water partition coefficient (Wildman–Crippen LogP) is 2.84. The molecule has 0 spiro atoms. The highest BCUT2D eigenvalue weighted by molar-refractivity contribution is 6.32. The zero-order chi connectivity index (χ0) is 11.5. The van der Waals surface area contributed by atoms with Gasteiger partial charge >= 0.3 is 0 Å². The van der Waals surface area contributed by atoms with Crippen molar-refractivity contribution in [2.24, 2.45) is 5.73 Å². The first-order valence-corrected chi connectivity index (χ1v) is 6.28. The lowest BCUT2D eigenvalue weighted by Gasteiger charge is -2.19. The summed E-state index contributed by atoms with van der Waals surface area (Å²) < 4.78 is 1.99. The maximum absolute atomic E-state index is 6.20. The van der Waals surface area contributed by atoms with Crippen molar-refractivity contribution in [1.29, 1.82) is 0 Å². The second-order valence-corrected chi connectivity index (χ2v) is 4.72. The van der Waals surface area contributed by atoms with Gasteiger partial charge in [0.1, 0.15) is 0 Å². The molecule has 1 atom stereocenters. The Morgan fingerprint density at radius 2 is 2.44 bits per heavy atom. The van der Waals surface area contributed by atoms with E-state index in [9.17, 15) is 0 Å². The van der Waals surface area contributed by atoms with Gasteiger partial charge in [-0.05, 0) is 31.3 Å². The zero-order valence-corrected chi connectivity index (χ0v) is 10.4. The van der Waals surface area contributed by atoms with E-state index in [-0.39, 0.29) is 6.04 Å². The summed E-state index contributed by atoms with van der Waals surface area (Å²) in [6, 6.07) is 0.171. The molecule has 1 aliphatic rings. The summed E-state index contributed by atoms with van der Waals surface area (Å²) in [6.07, 6.45) is 8.20. The molecule has 0 bridgehead atoms. The Balaban J connectivity index is 2.34. The van der Waals surface area contributed by atoms with E-state index < -0.39 is 0 Å². The van der Waals surface area contributed by atoms with Crippen LogP contribution in [0, 0.1) is 0 Å². The lowest BCUT2D eigenvalue weighted by atomic mass is 9.94. The van der Waals surface area contributed by atoms with Gasteiger partial charge < -0.3 is 5.73 Å². The van der Waals surface area contributed by atoms with E-state index in [0.29, 0.717) is 0 Å². The Bertz CT molecular complexity index is 395. The highest BCUT2D eigenvalue weighted by atomic mass is 35.5. The molecule has 3 nitrogen and oxygen atoms in total. The lowest BCUT2D eigenvalue weighted by Crippen LogP contribution is -2.20. The third kappa shape index (κ3) is 2.30. The average Bonchev–Trinajstić information content (AvgIpc) is 2.60. The molecule has 0 amide bonds. The molecule has 1 heterocycles. The van der Waals surface area contributed by atoms with Crippen molar-refractivity contribution in [3.63, 3.8) is 0 Å². The minimum absolute atomic E-state index is 0.171. The largest absolute Gasteiger partial charge is 0.324 e. The molecule has 16 heavy (non-hydrogen) atoms. The molecule has 0 radical (unpaired) electrons. The Morgan fingerprint density at radius 1 is 1.62 bits per heavy atom. The summed E-state index contributed by atoms with van der Waals surface area (Å²) in [6.45, 7) is 3.05. The summed E-state index contributed by atoms with van der Waals surface area (Å²) in [5.41, 5.74) is 8.28. The van der Waals surface area contributed by atoms with Crippen LogP contribution in [0.4, 0.5) is 0 Å². The number of nitrogens with zero attached hydrogens (tertiary/aromatic N) is 2. The zero-order valence-electron chi connectivity index (χ0n) is 9.62. The third-order valence-corrected chi connectivity index (χ3v) is 3.21. The Kier molecular flexibility index (Phi) is 3.66. The molecule has 0 fully saturated rings. The quantitative estimate of drug-likeness (QED) is 0.882. The summed E-state index contributed by atoms with van der Waals surface area (Å²) in [5.74, 6) is 0. The van der Waals surface area contributed by atoms with Gasteiger partial charge in [0.15, 0.2) is 0 Å². The molecule has 88 valence electrons. The average molecular weight is 240 g/mol. The predicted molar refractivity (Wildman–Crippen MR) is 67.3 cm³/mol. The van der Waals surface area contributed by atoms with Crippen LogP contribution in [0.25, 0.3) is 5.57 Å². The van der Waals surface area contributed by atoms with Crippen LogP contribution < -0.4 is 5.73 Å². The van der Waals surface area contributed by atoms with E-state index in [1.165, 1.54) is 5.57 Å². The SMILES string of the molecule is CCCn1ncc(Cl)c1C1=CC(N)CCC1. The van der Waals surface area contributed by atoms with Gasteiger partial charge in [-0.2, -0.15) is 5.10 Å². The molecule has 0 aliphatic heterocycles.